The number of ether oxygens (including phenoxy) is 1. The van der Waals surface area contributed by atoms with Crippen LogP contribution in [0.4, 0.5) is 0 Å². The van der Waals surface area contributed by atoms with E-state index in [1.807, 2.05) is 46.4 Å². The molecule has 0 N–H and O–H groups in total. The number of hydrogen-bond acceptors (Lipinski definition) is 3. The fraction of sp³-hybridized carbons (Fsp3) is 0.214. The van der Waals surface area contributed by atoms with Gasteiger partial charge in [-0.2, -0.15) is 0 Å². The Morgan fingerprint density at radius 2 is 2.11 bits per heavy atom. The number of fused-ring (bicyclic) bond motifs is 1. The number of aromatic nitrogens is 2. The van der Waals surface area contributed by atoms with Crippen molar-refractivity contribution in [3.8, 4) is 17.0 Å². The minimum atomic E-state index is 0.628. The molecule has 0 aliphatic heterocycles. The summed E-state index contributed by atoms with van der Waals surface area (Å²) in [4.78, 5) is 5.58. The van der Waals surface area contributed by atoms with Gasteiger partial charge in [-0.3, -0.25) is 4.40 Å². The van der Waals surface area contributed by atoms with E-state index in [0.717, 1.165) is 28.4 Å². The number of rotatable bonds is 5. The summed E-state index contributed by atoms with van der Waals surface area (Å²) in [5.41, 5.74) is 2.08. The highest BCUT2D eigenvalue weighted by atomic mass is 35.5. The molecule has 0 radical (unpaired) electrons. The van der Waals surface area contributed by atoms with Gasteiger partial charge in [-0.05, 0) is 30.7 Å². The van der Waals surface area contributed by atoms with Gasteiger partial charge in [0.1, 0.15) is 5.75 Å². The van der Waals surface area contributed by atoms with Crippen LogP contribution in [0.5, 0.6) is 5.75 Å². The minimum Gasteiger partial charge on any atom is -0.494 e. The molecule has 3 rings (SSSR count). The van der Waals surface area contributed by atoms with E-state index in [-0.39, 0.29) is 0 Å². The molecule has 98 valence electrons. The maximum Gasteiger partial charge on any atom is 0.194 e. The van der Waals surface area contributed by atoms with Crippen molar-refractivity contribution in [2.24, 2.45) is 0 Å². The van der Waals surface area contributed by atoms with Gasteiger partial charge in [0.15, 0.2) is 4.96 Å². The Morgan fingerprint density at radius 1 is 1.26 bits per heavy atom. The SMILES string of the molecule is ClCCCOc1ccc(-c2cn3ccsc3n2)cc1. The highest BCUT2D eigenvalue weighted by Crippen LogP contribution is 2.23. The van der Waals surface area contributed by atoms with Crippen LogP contribution in [0.3, 0.4) is 0 Å². The first-order chi connectivity index (χ1) is 9.36. The first-order valence-electron chi connectivity index (χ1n) is 6.08. The Balaban J connectivity index is 1.76. The van der Waals surface area contributed by atoms with Crippen LogP contribution in [0, 0.1) is 0 Å². The summed E-state index contributed by atoms with van der Waals surface area (Å²) in [6, 6.07) is 8.00. The van der Waals surface area contributed by atoms with Crippen molar-refractivity contribution < 1.29 is 4.74 Å². The molecule has 2 heterocycles. The quantitative estimate of drug-likeness (QED) is 0.523. The van der Waals surface area contributed by atoms with E-state index in [1.165, 1.54) is 0 Å². The number of nitrogens with zero attached hydrogens (tertiary/aromatic N) is 2. The summed E-state index contributed by atoms with van der Waals surface area (Å²) >= 11 is 7.25. The average molecular weight is 293 g/mol. The van der Waals surface area contributed by atoms with Crippen molar-refractivity contribution in [3.63, 3.8) is 0 Å². The van der Waals surface area contributed by atoms with Crippen LogP contribution in [0.2, 0.25) is 0 Å². The van der Waals surface area contributed by atoms with Crippen molar-refractivity contribution in [3.05, 3.63) is 42.0 Å². The zero-order valence-electron chi connectivity index (χ0n) is 10.3. The van der Waals surface area contributed by atoms with E-state index >= 15 is 0 Å². The van der Waals surface area contributed by atoms with Crippen LogP contribution < -0.4 is 4.74 Å². The molecule has 0 amide bonds. The molecule has 2 aromatic heterocycles. The molecule has 0 aliphatic rings. The van der Waals surface area contributed by atoms with Crippen LogP contribution in [0.25, 0.3) is 16.2 Å². The van der Waals surface area contributed by atoms with Gasteiger partial charge in [0.05, 0.1) is 12.3 Å². The van der Waals surface area contributed by atoms with Crippen LogP contribution in [0.15, 0.2) is 42.0 Å². The van der Waals surface area contributed by atoms with Gasteiger partial charge in [0.25, 0.3) is 0 Å². The third-order valence-corrected chi connectivity index (χ3v) is 3.83. The Kier molecular flexibility index (Phi) is 3.71. The normalized spacial score (nSPS) is 11.0. The summed E-state index contributed by atoms with van der Waals surface area (Å²) < 4.78 is 7.61. The van der Waals surface area contributed by atoms with E-state index in [9.17, 15) is 0 Å². The Labute approximate surface area is 120 Å². The van der Waals surface area contributed by atoms with Crippen molar-refractivity contribution in [1.29, 1.82) is 0 Å². The monoisotopic (exact) mass is 292 g/mol. The number of halogens is 1. The highest BCUT2D eigenvalue weighted by Gasteiger charge is 2.05. The summed E-state index contributed by atoms with van der Waals surface area (Å²) in [5, 5.41) is 2.03. The second-order valence-electron chi connectivity index (χ2n) is 4.13. The van der Waals surface area contributed by atoms with E-state index in [1.54, 1.807) is 11.3 Å². The van der Waals surface area contributed by atoms with Crippen molar-refractivity contribution >= 4 is 27.9 Å². The Bertz CT molecular complexity index is 631. The van der Waals surface area contributed by atoms with Crippen LogP contribution in [-0.4, -0.2) is 21.9 Å². The highest BCUT2D eigenvalue weighted by molar-refractivity contribution is 7.15. The zero-order chi connectivity index (χ0) is 13.1. The molecule has 0 atom stereocenters. The van der Waals surface area contributed by atoms with Gasteiger partial charge >= 0.3 is 0 Å². The van der Waals surface area contributed by atoms with E-state index in [2.05, 4.69) is 4.98 Å². The summed E-state index contributed by atoms with van der Waals surface area (Å²) in [5.74, 6) is 1.50. The number of imidazole rings is 1. The largest absolute Gasteiger partial charge is 0.494 e. The molecule has 0 unspecified atom stereocenters. The topological polar surface area (TPSA) is 26.5 Å². The lowest BCUT2D eigenvalue weighted by Crippen LogP contribution is -1.97. The van der Waals surface area contributed by atoms with Gasteiger partial charge in [-0.25, -0.2) is 4.98 Å². The van der Waals surface area contributed by atoms with Gasteiger partial charge < -0.3 is 4.74 Å². The molecular formula is C14H13ClN2OS. The predicted molar refractivity (Wildman–Crippen MR) is 79.3 cm³/mol. The lowest BCUT2D eigenvalue weighted by Gasteiger charge is -2.05. The molecule has 3 aromatic rings. The zero-order valence-corrected chi connectivity index (χ0v) is 11.8. The fourth-order valence-corrected chi connectivity index (χ4v) is 2.64. The molecule has 0 spiro atoms. The molecule has 1 aromatic carbocycles. The second kappa shape index (κ2) is 5.63. The summed E-state index contributed by atoms with van der Waals surface area (Å²) in [7, 11) is 0. The maximum absolute atomic E-state index is 5.61. The third kappa shape index (κ3) is 2.74. The van der Waals surface area contributed by atoms with Gasteiger partial charge in [-0.15, -0.1) is 22.9 Å². The Hall–Kier alpha value is -1.52. The number of alkyl halides is 1. The van der Waals surface area contributed by atoms with Gasteiger partial charge in [-0.1, -0.05) is 0 Å². The number of benzene rings is 1. The first kappa shape index (κ1) is 12.5. The third-order valence-electron chi connectivity index (χ3n) is 2.79. The summed E-state index contributed by atoms with van der Waals surface area (Å²) in [6.45, 7) is 0.656. The molecule has 0 fully saturated rings. The average Bonchev–Trinajstić information content (AvgIpc) is 3.01. The lowest BCUT2D eigenvalue weighted by atomic mass is 10.2. The summed E-state index contributed by atoms with van der Waals surface area (Å²) in [6.07, 6.45) is 4.91. The van der Waals surface area contributed by atoms with E-state index in [0.29, 0.717) is 12.5 Å². The smallest absolute Gasteiger partial charge is 0.194 e. The number of hydrogen-bond donors (Lipinski definition) is 0. The standard InChI is InChI=1S/C14H13ClN2OS/c15-6-1-8-18-12-4-2-11(3-5-12)13-10-17-7-9-19-14(17)16-13/h2-5,7,9-10H,1,6,8H2. The fourth-order valence-electron chi connectivity index (χ4n) is 1.83. The molecule has 0 aliphatic carbocycles. The number of thiazole rings is 1. The van der Waals surface area contributed by atoms with Crippen molar-refractivity contribution in [2.75, 3.05) is 12.5 Å². The van der Waals surface area contributed by atoms with E-state index < -0.39 is 0 Å². The molecule has 3 nitrogen and oxygen atoms in total. The minimum absolute atomic E-state index is 0.628. The van der Waals surface area contributed by atoms with Crippen LogP contribution >= 0.6 is 22.9 Å². The van der Waals surface area contributed by atoms with Crippen LogP contribution in [0.1, 0.15) is 6.42 Å². The predicted octanol–water partition coefficient (Wildman–Crippen LogP) is 4.07. The molecule has 0 saturated carbocycles. The maximum atomic E-state index is 5.61. The lowest BCUT2D eigenvalue weighted by molar-refractivity contribution is 0.318. The molecular weight excluding hydrogens is 280 g/mol. The molecule has 5 heteroatoms. The van der Waals surface area contributed by atoms with Crippen molar-refractivity contribution in [2.45, 2.75) is 6.42 Å². The first-order valence-corrected chi connectivity index (χ1v) is 7.49. The van der Waals surface area contributed by atoms with Crippen molar-refractivity contribution in [1.82, 2.24) is 9.38 Å². The second-order valence-corrected chi connectivity index (χ2v) is 5.39. The van der Waals surface area contributed by atoms with Gasteiger partial charge in [0, 0.05) is 29.2 Å². The molecule has 19 heavy (non-hydrogen) atoms. The molecule has 0 saturated heterocycles. The molecule has 0 bridgehead atoms. The van der Waals surface area contributed by atoms with Crippen LogP contribution in [-0.2, 0) is 0 Å². The Morgan fingerprint density at radius 3 is 2.84 bits per heavy atom. The van der Waals surface area contributed by atoms with E-state index in [4.69, 9.17) is 16.3 Å². The van der Waals surface area contributed by atoms with Gasteiger partial charge in [0.2, 0.25) is 0 Å².